The summed E-state index contributed by atoms with van der Waals surface area (Å²) in [6.07, 6.45) is 3.11. The van der Waals surface area contributed by atoms with Crippen molar-refractivity contribution in [1.29, 1.82) is 0 Å². The molecule has 0 aliphatic heterocycles. The maximum Gasteiger partial charge on any atom is 0.416 e. The van der Waals surface area contributed by atoms with Crippen molar-refractivity contribution in [3.63, 3.8) is 0 Å². The van der Waals surface area contributed by atoms with Crippen LogP contribution in [0.15, 0.2) is 85.3 Å². The maximum absolute atomic E-state index is 13.4. The molecule has 3 aromatic carbocycles. The lowest BCUT2D eigenvalue weighted by atomic mass is 9.91. The molecule has 8 heteroatoms. The van der Waals surface area contributed by atoms with Gasteiger partial charge < -0.3 is 15.7 Å². The van der Waals surface area contributed by atoms with Crippen molar-refractivity contribution in [1.82, 2.24) is 20.2 Å². The summed E-state index contributed by atoms with van der Waals surface area (Å²) in [7, 11) is 0. The molecule has 196 valence electrons. The number of amides is 2. The molecule has 2 amide bonds. The molecule has 0 saturated carbocycles. The minimum Gasteiger partial charge on any atom is -0.464 e. The predicted octanol–water partition coefficient (Wildman–Crippen LogP) is 4.22. The quantitative estimate of drug-likeness (QED) is 0.279. The van der Waals surface area contributed by atoms with Crippen LogP contribution >= 0.6 is 0 Å². The first kappa shape index (κ1) is 26.6. The SMILES string of the molecule is C[C@H](Cc1cn(C(=O)O)cn1)NC(=O)C(CC(=O)NCCc1ccccc1)Cc1cccc2ccccc12. The van der Waals surface area contributed by atoms with Crippen molar-refractivity contribution in [2.45, 2.75) is 38.6 Å². The summed E-state index contributed by atoms with van der Waals surface area (Å²) < 4.78 is 0.979. The Morgan fingerprint density at radius 3 is 2.45 bits per heavy atom. The van der Waals surface area contributed by atoms with Gasteiger partial charge in [-0.05, 0) is 41.7 Å². The Morgan fingerprint density at radius 1 is 0.947 bits per heavy atom. The van der Waals surface area contributed by atoms with E-state index in [-0.39, 0.29) is 24.3 Å². The average Bonchev–Trinajstić information content (AvgIpc) is 3.38. The lowest BCUT2D eigenvalue weighted by molar-refractivity contribution is -0.130. The smallest absolute Gasteiger partial charge is 0.416 e. The van der Waals surface area contributed by atoms with Crippen LogP contribution in [0.2, 0.25) is 0 Å². The van der Waals surface area contributed by atoms with Crippen LogP contribution in [0, 0.1) is 5.92 Å². The zero-order valence-electron chi connectivity index (χ0n) is 21.3. The van der Waals surface area contributed by atoms with Crippen molar-refractivity contribution in [3.05, 3.63) is 102 Å². The molecule has 0 bridgehead atoms. The van der Waals surface area contributed by atoms with E-state index in [4.69, 9.17) is 5.11 Å². The van der Waals surface area contributed by atoms with Gasteiger partial charge in [0.2, 0.25) is 11.8 Å². The van der Waals surface area contributed by atoms with Crippen molar-refractivity contribution >= 4 is 28.7 Å². The molecule has 4 aromatic rings. The molecule has 0 spiro atoms. The van der Waals surface area contributed by atoms with Crippen LogP contribution in [-0.4, -0.2) is 45.2 Å². The number of carboxylic acid groups (broad SMARTS) is 1. The highest BCUT2D eigenvalue weighted by Gasteiger charge is 2.25. The van der Waals surface area contributed by atoms with E-state index in [2.05, 4.69) is 15.6 Å². The number of benzene rings is 3. The summed E-state index contributed by atoms with van der Waals surface area (Å²) in [5.41, 5.74) is 2.70. The van der Waals surface area contributed by atoms with Crippen molar-refractivity contribution in [2.75, 3.05) is 6.54 Å². The van der Waals surface area contributed by atoms with Crippen molar-refractivity contribution in [3.8, 4) is 0 Å². The number of rotatable bonds is 11. The first-order valence-electron chi connectivity index (χ1n) is 12.7. The van der Waals surface area contributed by atoms with Gasteiger partial charge in [-0.3, -0.25) is 9.59 Å². The highest BCUT2D eigenvalue weighted by molar-refractivity contribution is 5.89. The van der Waals surface area contributed by atoms with E-state index in [1.807, 2.05) is 79.7 Å². The molecule has 0 saturated heterocycles. The third-order valence-electron chi connectivity index (χ3n) is 6.49. The van der Waals surface area contributed by atoms with Crippen LogP contribution < -0.4 is 10.6 Å². The molecule has 2 atom stereocenters. The van der Waals surface area contributed by atoms with E-state index in [1.54, 1.807) is 0 Å². The van der Waals surface area contributed by atoms with Gasteiger partial charge in [-0.15, -0.1) is 0 Å². The number of hydrogen-bond donors (Lipinski definition) is 3. The average molecular weight is 513 g/mol. The van der Waals surface area contributed by atoms with Crippen LogP contribution in [0.1, 0.15) is 30.2 Å². The van der Waals surface area contributed by atoms with Gasteiger partial charge >= 0.3 is 6.09 Å². The van der Waals surface area contributed by atoms with Gasteiger partial charge in [-0.25, -0.2) is 14.3 Å². The van der Waals surface area contributed by atoms with E-state index in [1.165, 1.54) is 12.5 Å². The van der Waals surface area contributed by atoms with Gasteiger partial charge in [0.05, 0.1) is 11.6 Å². The monoisotopic (exact) mass is 512 g/mol. The summed E-state index contributed by atoms with van der Waals surface area (Å²) in [4.78, 5) is 41.5. The zero-order chi connectivity index (χ0) is 26.9. The molecule has 8 nitrogen and oxygen atoms in total. The number of nitrogens with zero attached hydrogens (tertiary/aromatic N) is 2. The number of carbonyl (C=O) groups is 3. The fourth-order valence-electron chi connectivity index (χ4n) is 4.58. The van der Waals surface area contributed by atoms with E-state index in [0.29, 0.717) is 31.5 Å². The minimum absolute atomic E-state index is 0.0597. The molecule has 1 unspecified atom stereocenters. The van der Waals surface area contributed by atoms with Crippen molar-refractivity contribution in [2.24, 2.45) is 5.92 Å². The highest BCUT2D eigenvalue weighted by Crippen LogP contribution is 2.23. The Hall–Kier alpha value is -4.46. The summed E-state index contributed by atoms with van der Waals surface area (Å²) in [5.74, 6) is -0.966. The Kier molecular flexibility index (Phi) is 8.87. The lowest BCUT2D eigenvalue weighted by Gasteiger charge is -2.21. The molecular formula is C30H32N4O4. The molecular weight excluding hydrogens is 480 g/mol. The second-order valence-electron chi connectivity index (χ2n) is 9.50. The predicted molar refractivity (Wildman–Crippen MR) is 146 cm³/mol. The number of fused-ring (bicyclic) bond motifs is 1. The number of aromatic nitrogens is 2. The number of carbonyl (C=O) groups excluding carboxylic acids is 2. The van der Waals surface area contributed by atoms with Gasteiger partial charge in [0.1, 0.15) is 6.33 Å². The minimum atomic E-state index is -1.12. The van der Waals surface area contributed by atoms with E-state index < -0.39 is 12.0 Å². The third kappa shape index (κ3) is 7.29. The topological polar surface area (TPSA) is 113 Å². The second-order valence-corrected chi connectivity index (χ2v) is 9.50. The Bertz CT molecular complexity index is 1390. The van der Waals surface area contributed by atoms with Crippen molar-refractivity contribution < 1.29 is 19.5 Å². The van der Waals surface area contributed by atoms with Gasteiger partial charge in [0.25, 0.3) is 0 Å². The number of imidazole rings is 1. The maximum atomic E-state index is 13.4. The van der Waals surface area contributed by atoms with Gasteiger partial charge in [0.15, 0.2) is 0 Å². The standard InChI is InChI=1S/C30H32N4O4/c1-21(16-26-19-34(20-32-26)30(37)38)33-29(36)25(17-24-12-7-11-23-10-5-6-13-27(23)24)18-28(35)31-15-14-22-8-3-2-4-9-22/h2-13,19-21,25H,14-18H2,1H3,(H,31,35)(H,33,36)(H,37,38)/t21-,25?/m1/s1. The molecule has 3 N–H and O–H groups in total. The lowest BCUT2D eigenvalue weighted by Crippen LogP contribution is -2.41. The van der Waals surface area contributed by atoms with E-state index >= 15 is 0 Å². The summed E-state index contributed by atoms with van der Waals surface area (Å²) in [6, 6.07) is 23.6. The van der Waals surface area contributed by atoms with Crippen LogP contribution in [0.5, 0.6) is 0 Å². The molecule has 1 aromatic heterocycles. The molecule has 0 fully saturated rings. The second kappa shape index (κ2) is 12.7. The summed E-state index contributed by atoms with van der Waals surface area (Å²) in [6.45, 7) is 2.33. The molecule has 0 aliphatic rings. The first-order chi connectivity index (χ1) is 18.4. The first-order valence-corrected chi connectivity index (χ1v) is 12.7. The van der Waals surface area contributed by atoms with E-state index in [0.717, 1.165) is 26.5 Å². The molecule has 0 radical (unpaired) electrons. The normalized spacial score (nSPS) is 12.6. The summed E-state index contributed by atoms with van der Waals surface area (Å²) in [5, 5.41) is 17.2. The summed E-state index contributed by atoms with van der Waals surface area (Å²) >= 11 is 0. The Balaban J connectivity index is 1.43. The van der Waals surface area contributed by atoms with Crippen LogP contribution in [0.3, 0.4) is 0 Å². The fourth-order valence-corrected chi connectivity index (χ4v) is 4.58. The number of hydrogen-bond acceptors (Lipinski definition) is 4. The fraction of sp³-hybridized carbons (Fsp3) is 0.267. The molecule has 1 heterocycles. The van der Waals surface area contributed by atoms with Crippen LogP contribution in [0.4, 0.5) is 4.79 Å². The van der Waals surface area contributed by atoms with Crippen LogP contribution in [0.25, 0.3) is 10.8 Å². The molecule has 0 aliphatic carbocycles. The van der Waals surface area contributed by atoms with E-state index in [9.17, 15) is 14.4 Å². The zero-order valence-corrected chi connectivity index (χ0v) is 21.3. The highest BCUT2D eigenvalue weighted by atomic mass is 16.4. The Morgan fingerprint density at radius 2 is 1.68 bits per heavy atom. The number of nitrogens with one attached hydrogen (secondary N) is 2. The molecule has 38 heavy (non-hydrogen) atoms. The Labute approximate surface area is 221 Å². The van der Waals surface area contributed by atoms with Gasteiger partial charge in [-0.1, -0.05) is 72.8 Å². The van der Waals surface area contributed by atoms with Crippen LogP contribution in [-0.2, 0) is 28.9 Å². The molecule has 4 rings (SSSR count). The largest absolute Gasteiger partial charge is 0.464 e. The van der Waals surface area contributed by atoms with Gasteiger partial charge in [0, 0.05) is 31.6 Å². The van der Waals surface area contributed by atoms with Gasteiger partial charge in [-0.2, -0.15) is 0 Å². The third-order valence-corrected chi connectivity index (χ3v) is 6.49.